The van der Waals surface area contributed by atoms with Crippen molar-refractivity contribution < 1.29 is 14.3 Å². The van der Waals surface area contributed by atoms with Gasteiger partial charge in [0.05, 0.1) is 11.3 Å². The zero-order chi connectivity index (χ0) is 14.0. The molecule has 0 saturated heterocycles. The van der Waals surface area contributed by atoms with Gasteiger partial charge in [-0.1, -0.05) is 19.9 Å². The van der Waals surface area contributed by atoms with Crippen LogP contribution in [0.2, 0.25) is 0 Å². The molecule has 4 heteroatoms. The number of benzene rings is 1. The highest BCUT2D eigenvalue weighted by Crippen LogP contribution is 2.32. The van der Waals surface area contributed by atoms with Gasteiger partial charge in [-0.2, -0.15) is 0 Å². The molecule has 0 bridgehead atoms. The summed E-state index contributed by atoms with van der Waals surface area (Å²) in [7, 11) is 0. The number of hydrogen-bond donors (Lipinski definition) is 2. The molecule has 0 aliphatic heterocycles. The maximum atomic E-state index is 13.8. The van der Waals surface area contributed by atoms with Crippen LogP contribution in [-0.4, -0.2) is 17.1 Å². The first-order valence-corrected chi connectivity index (χ1v) is 6.77. The zero-order valence-electron chi connectivity index (χ0n) is 11.3. The Balaban J connectivity index is 2.17. The van der Waals surface area contributed by atoms with Gasteiger partial charge < -0.3 is 10.4 Å². The first-order chi connectivity index (χ1) is 8.99. The third kappa shape index (κ3) is 3.06. The number of carboxylic acid groups (broad SMARTS) is 1. The number of para-hydroxylation sites is 1. The van der Waals surface area contributed by atoms with Gasteiger partial charge in [0, 0.05) is 6.04 Å². The van der Waals surface area contributed by atoms with Gasteiger partial charge in [0.1, 0.15) is 5.82 Å². The van der Waals surface area contributed by atoms with Crippen molar-refractivity contribution in [2.75, 3.05) is 5.32 Å². The van der Waals surface area contributed by atoms with Crippen molar-refractivity contribution >= 4 is 11.7 Å². The van der Waals surface area contributed by atoms with Crippen LogP contribution in [0.4, 0.5) is 10.1 Å². The van der Waals surface area contributed by atoms with Crippen molar-refractivity contribution in [2.45, 2.75) is 39.2 Å². The Labute approximate surface area is 112 Å². The van der Waals surface area contributed by atoms with Crippen LogP contribution in [0.3, 0.4) is 0 Å². The van der Waals surface area contributed by atoms with E-state index in [1.807, 2.05) is 0 Å². The zero-order valence-corrected chi connectivity index (χ0v) is 11.3. The standard InChI is InChI=1S/C15H20FNO2/c1-9-6-7-11(8-10(9)2)17-14-12(15(18)19)4-3-5-13(14)16/h3-5,9-11,17H,6-8H2,1-2H3,(H,18,19). The largest absolute Gasteiger partial charge is 0.478 e. The van der Waals surface area contributed by atoms with E-state index in [0.717, 1.165) is 19.3 Å². The van der Waals surface area contributed by atoms with E-state index in [1.54, 1.807) is 0 Å². The number of aromatic carboxylic acids is 1. The molecule has 2 N–H and O–H groups in total. The lowest BCUT2D eigenvalue weighted by Gasteiger charge is -2.33. The maximum Gasteiger partial charge on any atom is 0.337 e. The van der Waals surface area contributed by atoms with Crippen molar-refractivity contribution in [3.8, 4) is 0 Å². The summed E-state index contributed by atoms with van der Waals surface area (Å²) in [4.78, 5) is 11.1. The van der Waals surface area contributed by atoms with Crippen LogP contribution in [-0.2, 0) is 0 Å². The van der Waals surface area contributed by atoms with Crippen LogP contribution in [0.5, 0.6) is 0 Å². The molecule has 104 valence electrons. The molecule has 3 unspecified atom stereocenters. The average Bonchev–Trinajstić information content (AvgIpc) is 2.36. The molecule has 0 radical (unpaired) electrons. The Morgan fingerprint density at radius 2 is 2.05 bits per heavy atom. The second kappa shape index (κ2) is 5.59. The fourth-order valence-corrected chi connectivity index (χ4v) is 2.73. The van der Waals surface area contributed by atoms with Crippen LogP contribution in [0, 0.1) is 17.7 Å². The summed E-state index contributed by atoms with van der Waals surface area (Å²) in [6, 6.07) is 4.31. The van der Waals surface area contributed by atoms with E-state index in [4.69, 9.17) is 5.11 Å². The lowest BCUT2D eigenvalue weighted by molar-refractivity contribution is 0.0697. The summed E-state index contributed by atoms with van der Waals surface area (Å²) in [5, 5.41) is 12.2. The summed E-state index contributed by atoms with van der Waals surface area (Å²) < 4.78 is 13.8. The molecule has 3 nitrogen and oxygen atoms in total. The van der Waals surface area contributed by atoms with Crippen molar-refractivity contribution in [1.29, 1.82) is 0 Å². The van der Waals surface area contributed by atoms with Gasteiger partial charge in [-0.05, 0) is 43.2 Å². The lowest BCUT2D eigenvalue weighted by atomic mass is 9.79. The Morgan fingerprint density at radius 1 is 1.32 bits per heavy atom. The predicted octanol–water partition coefficient (Wildman–Crippen LogP) is 3.76. The van der Waals surface area contributed by atoms with Gasteiger partial charge in [0.2, 0.25) is 0 Å². The summed E-state index contributed by atoms with van der Waals surface area (Å²) in [6.07, 6.45) is 3.00. The van der Waals surface area contributed by atoms with Crippen LogP contribution < -0.4 is 5.32 Å². The first-order valence-electron chi connectivity index (χ1n) is 6.77. The van der Waals surface area contributed by atoms with Crippen LogP contribution in [0.1, 0.15) is 43.5 Å². The Hall–Kier alpha value is -1.58. The van der Waals surface area contributed by atoms with E-state index in [9.17, 15) is 9.18 Å². The Kier molecular flexibility index (Phi) is 4.08. The molecule has 0 heterocycles. The molecule has 3 atom stereocenters. The van der Waals surface area contributed by atoms with Crippen molar-refractivity contribution in [3.05, 3.63) is 29.6 Å². The van der Waals surface area contributed by atoms with Crippen molar-refractivity contribution in [3.63, 3.8) is 0 Å². The lowest BCUT2D eigenvalue weighted by Crippen LogP contribution is -2.31. The molecular weight excluding hydrogens is 245 g/mol. The number of carboxylic acids is 1. The van der Waals surface area contributed by atoms with E-state index < -0.39 is 11.8 Å². The molecule has 1 aliphatic rings. The topological polar surface area (TPSA) is 49.3 Å². The maximum absolute atomic E-state index is 13.8. The minimum atomic E-state index is -1.10. The fourth-order valence-electron chi connectivity index (χ4n) is 2.73. The van der Waals surface area contributed by atoms with Crippen LogP contribution in [0.15, 0.2) is 18.2 Å². The van der Waals surface area contributed by atoms with Gasteiger partial charge in [-0.15, -0.1) is 0 Å². The van der Waals surface area contributed by atoms with E-state index >= 15 is 0 Å². The normalized spacial score (nSPS) is 27.0. The van der Waals surface area contributed by atoms with Gasteiger partial charge in [0.25, 0.3) is 0 Å². The van der Waals surface area contributed by atoms with E-state index in [-0.39, 0.29) is 17.3 Å². The molecule has 1 aromatic carbocycles. The molecule has 19 heavy (non-hydrogen) atoms. The van der Waals surface area contributed by atoms with E-state index in [0.29, 0.717) is 11.8 Å². The number of nitrogens with one attached hydrogen (secondary N) is 1. The molecular formula is C15H20FNO2. The second-order valence-corrected chi connectivity index (χ2v) is 5.58. The molecule has 2 rings (SSSR count). The molecule has 0 aromatic heterocycles. The SMILES string of the molecule is CC1CCC(Nc2c(F)cccc2C(=O)O)CC1C. The summed E-state index contributed by atoms with van der Waals surface area (Å²) in [5.41, 5.74) is 0.132. The van der Waals surface area contributed by atoms with E-state index in [2.05, 4.69) is 19.2 Å². The smallest absolute Gasteiger partial charge is 0.337 e. The predicted molar refractivity (Wildman–Crippen MR) is 72.9 cm³/mol. The number of hydrogen-bond acceptors (Lipinski definition) is 2. The average molecular weight is 265 g/mol. The van der Waals surface area contributed by atoms with Crippen LogP contribution >= 0.6 is 0 Å². The number of carbonyl (C=O) groups is 1. The summed E-state index contributed by atoms with van der Waals surface area (Å²) >= 11 is 0. The quantitative estimate of drug-likeness (QED) is 0.874. The van der Waals surface area contributed by atoms with Gasteiger partial charge in [-0.3, -0.25) is 0 Å². The summed E-state index contributed by atoms with van der Waals surface area (Å²) in [6.45, 7) is 4.42. The van der Waals surface area contributed by atoms with Gasteiger partial charge in [0.15, 0.2) is 0 Å². The summed E-state index contributed by atoms with van der Waals surface area (Å²) in [5.74, 6) is -0.339. The molecule has 1 aromatic rings. The van der Waals surface area contributed by atoms with Gasteiger partial charge in [-0.25, -0.2) is 9.18 Å². The van der Waals surface area contributed by atoms with Crippen LogP contribution in [0.25, 0.3) is 0 Å². The highest BCUT2D eigenvalue weighted by atomic mass is 19.1. The minimum Gasteiger partial charge on any atom is -0.478 e. The Bertz CT molecular complexity index is 475. The molecule has 1 saturated carbocycles. The number of halogens is 1. The highest BCUT2D eigenvalue weighted by molar-refractivity contribution is 5.94. The monoisotopic (exact) mass is 265 g/mol. The van der Waals surface area contributed by atoms with Crippen molar-refractivity contribution in [2.24, 2.45) is 11.8 Å². The van der Waals surface area contributed by atoms with Crippen molar-refractivity contribution in [1.82, 2.24) is 0 Å². The molecule has 1 fully saturated rings. The third-order valence-corrected chi connectivity index (χ3v) is 4.19. The molecule has 0 amide bonds. The molecule has 0 spiro atoms. The molecule has 1 aliphatic carbocycles. The Morgan fingerprint density at radius 3 is 2.68 bits per heavy atom. The third-order valence-electron chi connectivity index (χ3n) is 4.19. The minimum absolute atomic E-state index is 0.00581. The number of anilines is 1. The van der Waals surface area contributed by atoms with E-state index in [1.165, 1.54) is 18.2 Å². The fraction of sp³-hybridized carbons (Fsp3) is 0.533. The number of rotatable bonds is 3. The van der Waals surface area contributed by atoms with Gasteiger partial charge >= 0.3 is 5.97 Å². The highest BCUT2D eigenvalue weighted by Gasteiger charge is 2.26. The first kappa shape index (κ1) is 13.8. The second-order valence-electron chi connectivity index (χ2n) is 5.58.